The van der Waals surface area contributed by atoms with Crippen LogP contribution in [0.4, 0.5) is 5.69 Å². The van der Waals surface area contributed by atoms with Crippen molar-refractivity contribution in [2.24, 2.45) is 0 Å². The molecule has 0 saturated carbocycles. The largest absolute Gasteiger partial charge is 0.294 e. The van der Waals surface area contributed by atoms with Crippen LogP contribution < -0.4 is 4.72 Å². The molecule has 1 N–H and O–H groups in total. The number of hydrogen-bond donors (Lipinski definition) is 1. The lowest BCUT2D eigenvalue weighted by molar-refractivity contribution is 0.101. The maximum Gasteiger partial charge on any atom is 0.264 e. The van der Waals surface area contributed by atoms with E-state index >= 15 is 0 Å². The summed E-state index contributed by atoms with van der Waals surface area (Å²) in [5, 5.41) is 0. The molecule has 0 atom stereocenters. The van der Waals surface area contributed by atoms with Gasteiger partial charge in [0.2, 0.25) is 0 Å². The van der Waals surface area contributed by atoms with Gasteiger partial charge in [0.1, 0.15) is 9.23 Å². The molecule has 0 aliphatic rings. The number of para-hydroxylation sites is 1. The molecule has 8 heteroatoms. The highest BCUT2D eigenvalue weighted by Gasteiger charge is 2.22. The number of hydrogen-bond acceptors (Lipinski definition) is 4. The second kappa shape index (κ2) is 5.73. The first-order chi connectivity index (χ1) is 9.31. The fourth-order valence-corrected chi connectivity index (χ4v) is 4.82. The van der Waals surface area contributed by atoms with Gasteiger partial charge in [-0.25, -0.2) is 8.42 Å². The molecule has 0 fully saturated rings. The van der Waals surface area contributed by atoms with Crippen LogP contribution in [0, 0.1) is 0 Å². The summed E-state index contributed by atoms with van der Waals surface area (Å²) in [6.45, 7) is 1.36. The second-order valence-electron chi connectivity index (χ2n) is 3.90. The quantitative estimate of drug-likeness (QED) is 0.846. The summed E-state index contributed by atoms with van der Waals surface area (Å²) in [4.78, 5) is 11.4. The first kappa shape index (κ1) is 15.3. The van der Waals surface area contributed by atoms with Crippen LogP contribution in [0.1, 0.15) is 17.3 Å². The zero-order valence-electron chi connectivity index (χ0n) is 10.2. The third-order valence-electron chi connectivity index (χ3n) is 2.47. The van der Waals surface area contributed by atoms with Crippen LogP contribution >= 0.6 is 34.5 Å². The molecule has 106 valence electrons. The number of halogens is 2. The minimum absolute atomic E-state index is 0.0720. The Labute approximate surface area is 130 Å². The van der Waals surface area contributed by atoms with Crippen LogP contribution in [0.15, 0.2) is 35.2 Å². The molecule has 0 unspecified atom stereocenters. The average Bonchev–Trinajstić information content (AvgIpc) is 2.69. The number of benzene rings is 1. The van der Waals surface area contributed by atoms with Gasteiger partial charge in [-0.2, -0.15) is 0 Å². The standard InChI is InChI=1S/C12H9Cl2NO3S2/c1-7(16)8-4-2-3-5-9(8)15-20(17,18)10-6-11(13)19-12(10)14/h2-6,15H,1H3. The van der Waals surface area contributed by atoms with Gasteiger partial charge >= 0.3 is 0 Å². The van der Waals surface area contributed by atoms with Crippen LogP contribution in [0.3, 0.4) is 0 Å². The van der Waals surface area contributed by atoms with Crippen molar-refractivity contribution >= 4 is 56.0 Å². The van der Waals surface area contributed by atoms with Crippen LogP contribution in [0.2, 0.25) is 8.67 Å². The zero-order chi connectivity index (χ0) is 14.9. The van der Waals surface area contributed by atoms with E-state index in [0.29, 0.717) is 0 Å². The van der Waals surface area contributed by atoms with Crippen molar-refractivity contribution < 1.29 is 13.2 Å². The van der Waals surface area contributed by atoms with Crippen LogP contribution in [-0.4, -0.2) is 14.2 Å². The highest BCUT2D eigenvalue weighted by Crippen LogP contribution is 2.35. The van der Waals surface area contributed by atoms with E-state index in [2.05, 4.69) is 4.72 Å². The molecule has 1 aromatic heterocycles. The molecular formula is C12H9Cl2NO3S2. The average molecular weight is 350 g/mol. The number of carbonyl (C=O) groups is 1. The summed E-state index contributed by atoms with van der Waals surface area (Å²) in [5.41, 5.74) is 0.493. The highest BCUT2D eigenvalue weighted by atomic mass is 35.5. The Morgan fingerprint density at radius 2 is 1.90 bits per heavy atom. The van der Waals surface area contributed by atoms with E-state index in [1.807, 2.05) is 0 Å². The second-order valence-corrected chi connectivity index (χ2v) is 7.83. The summed E-state index contributed by atoms with van der Waals surface area (Å²) >= 11 is 12.6. The number of anilines is 1. The van der Waals surface area contributed by atoms with Crippen molar-refractivity contribution in [3.63, 3.8) is 0 Å². The van der Waals surface area contributed by atoms with Crippen molar-refractivity contribution in [1.29, 1.82) is 0 Å². The fourth-order valence-electron chi connectivity index (χ4n) is 1.59. The van der Waals surface area contributed by atoms with E-state index in [0.717, 1.165) is 11.3 Å². The Morgan fingerprint density at radius 3 is 2.45 bits per heavy atom. The van der Waals surface area contributed by atoms with Crippen LogP contribution in [0.5, 0.6) is 0 Å². The number of sulfonamides is 1. The highest BCUT2D eigenvalue weighted by molar-refractivity contribution is 7.93. The van der Waals surface area contributed by atoms with E-state index in [4.69, 9.17) is 23.2 Å². The maximum atomic E-state index is 12.3. The van der Waals surface area contributed by atoms with Gasteiger partial charge < -0.3 is 0 Å². The van der Waals surface area contributed by atoms with Crippen molar-refractivity contribution in [2.75, 3.05) is 4.72 Å². The third kappa shape index (κ3) is 3.15. The minimum atomic E-state index is -3.89. The molecule has 0 radical (unpaired) electrons. The van der Waals surface area contributed by atoms with Crippen molar-refractivity contribution in [3.05, 3.63) is 44.6 Å². The third-order valence-corrected chi connectivity index (χ3v) is 5.58. The lowest BCUT2D eigenvalue weighted by atomic mass is 10.1. The maximum absolute atomic E-state index is 12.3. The number of thiophene rings is 1. The Kier molecular flexibility index (Phi) is 4.39. The number of carbonyl (C=O) groups excluding carboxylic acids is 1. The van der Waals surface area contributed by atoms with Gasteiger partial charge in [0.05, 0.1) is 10.0 Å². The molecule has 20 heavy (non-hydrogen) atoms. The summed E-state index contributed by atoms with van der Waals surface area (Å²) < 4.78 is 27.2. The molecule has 2 rings (SSSR count). The van der Waals surface area contributed by atoms with Crippen molar-refractivity contribution in [2.45, 2.75) is 11.8 Å². The molecule has 0 aliphatic carbocycles. The Bertz CT molecular complexity index is 769. The van der Waals surface area contributed by atoms with Gasteiger partial charge in [-0.3, -0.25) is 9.52 Å². The van der Waals surface area contributed by atoms with Crippen LogP contribution in [0.25, 0.3) is 0 Å². The number of ketones is 1. The Hall–Kier alpha value is -1.08. The van der Waals surface area contributed by atoms with E-state index in [-0.39, 0.29) is 30.6 Å². The van der Waals surface area contributed by atoms with Gasteiger partial charge in [-0.1, -0.05) is 35.3 Å². The van der Waals surface area contributed by atoms with Gasteiger partial charge in [0, 0.05) is 5.56 Å². The molecule has 0 spiro atoms. The predicted molar refractivity (Wildman–Crippen MR) is 81.6 cm³/mol. The lowest BCUT2D eigenvalue weighted by Gasteiger charge is -2.10. The fraction of sp³-hybridized carbons (Fsp3) is 0.0833. The van der Waals surface area contributed by atoms with E-state index in [1.54, 1.807) is 18.2 Å². The number of Topliss-reactive ketones (excluding diaryl/α,β-unsaturated/α-hetero) is 1. The summed E-state index contributed by atoms with van der Waals surface area (Å²) in [6, 6.07) is 7.61. The predicted octanol–water partition coefficient (Wildman–Crippen LogP) is 4.06. The monoisotopic (exact) mass is 349 g/mol. The smallest absolute Gasteiger partial charge is 0.264 e. The van der Waals surface area contributed by atoms with E-state index < -0.39 is 10.0 Å². The van der Waals surface area contributed by atoms with E-state index in [1.165, 1.54) is 19.1 Å². The van der Waals surface area contributed by atoms with Gasteiger partial charge in [0.25, 0.3) is 10.0 Å². The molecule has 4 nitrogen and oxygen atoms in total. The zero-order valence-corrected chi connectivity index (χ0v) is 13.3. The Morgan fingerprint density at radius 1 is 1.25 bits per heavy atom. The van der Waals surface area contributed by atoms with Crippen LogP contribution in [-0.2, 0) is 10.0 Å². The molecule has 0 bridgehead atoms. The number of nitrogens with one attached hydrogen (secondary N) is 1. The first-order valence-corrected chi connectivity index (χ1v) is 8.44. The normalized spacial score (nSPS) is 11.3. The summed E-state index contributed by atoms with van der Waals surface area (Å²) in [6.07, 6.45) is 0. The molecule has 1 heterocycles. The summed E-state index contributed by atoms with van der Waals surface area (Å²) in [5.74, 6) is -0.238. The topological polar surface area (TPSA) is 63.2 Å². The molecule has 0 saturated heterocycles. The first-order valence-electron chi connectivity index (χ1n) is 5.39. The lowest BCUT2D eigenvalue weighted by Crippen LogP contribution is -2.14. The molecule has 0 aliphatic heterocycles. The molecule has 2 aromatic rings. The van der Waals surface area contributed by atoms with Gasteiger partial charge in [0.15, 0.2) is 5.78 Å². The Balaban J connectivity index is 2.44. The summed E-state index contributed by atoms with van der Waals surface area (Å²) in [7, 11) is -3.89. The molecular weight excluding hydrogens is 341 g/mol. The SMILES string of the molecule is CC(=O)c1ccccc1NS(=O)(=O)c1cc(Cl)sc1Cl. The number of rotatable bonds is 4. The van der Waals surface area contributed by atoms with Gasteiger partial charge in [-0.05, 0) is 25.1 Å². The van der Waals surface area contributed by atoms with E-state index in [9.17, 15) is 13.2 Å². The van der Waals surface area contributed by atoms with Crippen molar-refractivity contribution in [3.8, 4) is 0 Å². The van der Waals surface area contributed by atoms with Crippen molar-refractivity contribution in [1.82, 2.24) is 0 Å². The van der Waals surface area contributed by atoms with Gasteiger partial charge in [-0.15, -0.1) is 11.3 Å². The molecule has 0 amide bonds. The molecule has 1 aromatic carbocycles. The minimum Gasteiger partial charge on any atom is -0.294 e.